The average Bonchev–Trinajstić information content (AvgIpc) is 2.91. The van der Waals surface area contributed by atoms with Crippen LogP contribution in [-0.2, 0) is 5.41 Å². The molecule has 4 aromatic rings. The number of benzene rings is 3. The molecule has 0 aliphatic heterocycles. The van der Waals surface area contributed by atoms with E-state index in [-0.39, 0.29) is 17.0 Å². The van der Waals surface area contributed by atoms with Crippen molar-refractivity contribution in [3.63, 3.8) is 0 Å². The van der Waals surface area contributed by atoms with Crippen LogP contribution in [-0.4, -0.2) is 23.6 Å². The van der Waals surface area contributed by atoms with Crippen LogP contribution in [0.1, 0.15) is 42.3 Å². The zero-order chi connectivity index (χ0) is 25.7. The molecular formula is C31H28N2O2S. The van der Waals surface area contributed by atoms with E-state index in [1.54, 1.807) is 31.4 Å². The molecule has 0 unspecified atom stereocenters. The van der Waals surface area contributed by atoms with Crippen LogP contribution < -0.4 is 4.74 Å². The quantitative estimate of drug-likeness (QED) is 0.197. The number of methoxy groups -OCH3 is 1. The molecule has 36 heavy (non-hydrogen) atoms. The van der Waals surface area contributed by atoms with Gasteiger partial charge in [-0.2, -0.15) is 5.26 Å². The lowest BCUT2D eigenvalue weighted by molar-refractivity contribution is 0.102. The van der Waals surface area contributed by atoms with Crippen LogP contribution in [0.2, 0.25) is 0 Å². The van der Waals surface area contributed by atoms with Crippen molar-refractivity contribution in [1.29, 1.82) is 5.26 Å². The zero-order valence-corrected chi connectivity index (χ0v) is 21.7. The average molecular weight is 493 g/mol. The summed E-state index contributed by atoms with van der Waals surface area (Å²) in [5.41, 5.74) is 5.84. The Labute approximate surface area is 217 Å². The van der Waals surface area contributed by atoms with E-state index in [2.05, 4.69) is 51.1 Å². The monoisotopic (exact) mass is 492 g/mol. The SMILES string of the molecule is COc1ccc(C(=O)CSc2nc(-c3ccc(C(C)(C)C)cc3)cc(-c3ccccc3)c2C#N)cc1. The Morgan fingerprint density at radius 3 is 2.19 bits per heavy atom. The van der Waals surface area contributed by atoms with Crippen LogP contribution in [0, 0.1) is 11.3 Å². The van der Waals surface area contributed by atoms with Crippen molar-refractivity contribution in [3.05, 3.63) is 102 Å². The van der Waals surface area contributed by atoms with Gasteiger partial charge in [0.15, 0.2) is 5.78 Å². The Hall–Kier alpha value is -3.88. The summed E-state index contributed by atoms with van der Waals surface area (Å²) in [6.45, 7) is 6.55. The third-order valence-electron chi connectivity index (χ3n) is 5.98. The molecule has 0 spiro atoms. The number of nitriles is 1. The molecule has 0 N–H and O–H groups in total. The molecule has 5 heteroatoms. The molecule has 0 radical (unpaired) electrons. The van der Waals surface area contributed by atoms with E-state index in [0.717, 1.165) is 22.4 Å². The fourth-order valence-electron chi connectivity index (χ4n) is 3.86. The highest BCUT2D eigenvalue weighted by Crippen LogP contribution is 2.35. The Morgan fingerprint density at radius 2 is 1.61 bits per heavy atom. The molecule has 0 bridgehead atoms. The van der Waals surface area contributed by atoms with E-state index in [1.807, 2.05) is 36.4 Å². The third-order valence-corrected chi connectivity index (χ3v) is 6.96. The number of rotatable bonds is 7. The van der Waals surface area contributed by atoms with E-state index in [9.17, 15) is 10.1 Å². The number of pyridine rings is 1. The molecule has 0 aliphatic carbocycles. The topological polar surface area (TPSA) is 63.0 Å². The normalized spacial score (nSPS) is 11.1. The van der Waals surface area contributed by atoms with Crippen LogP contribution in [0.15, 0.2) is 90.0 Å². The molecule has 0 saturated heterocycles. The van der Waals surface area contributed by atoms with Crippen molar-refractivity contribution in [3.8, 4) is 34.2 Å². The Morgan fingerprint density at radius 1 is 0.944 bits per heavy atom. The lowest BCUT2D eigenvalue weighted by Gasteiger charge is -2.19. The first-order valence-electron chi connectivity index (χ1n) is 11.7. The van der Waals surface area contributed by atoms with Crippen molar-refractivity contribution >= 4 is 17.5 Å². The summed E-state index contributed by atoms with van der Waals surface area (Å²) in [5.74, 6) is 0.842. The second kappa shape index (κ2) is 10.8. The summed E-state index contributed by atoms with van der Waals surface area (Å²) >= 11 is 1.30. The smallest absolute Gasteiger partial charge is 0.173 e. The van der Waals surface area contributed by atoms with Gasteiger partial charge in [0.1, 0.15) is 16.8 Å². The molecule has 0 saturated carbocycles. The number of hydrogen-bond acceptors (Lipinski definition) is 5. The number of nitrogens with zero attached hydrogens (tertiary/aromatic N) is 2. The Bertz CT molecular complexity index is 1400. The minimum Gasteiger partial charge on any atom is -0.497 e. The summed E-state index contributed by atoms with van der Waals surface area (Å²) < 4.78 is 5.18. The maximum absolute atomic E-state index is 12.9. The number of hydrogen-bond donors (Lipinski definition) is 0. The van der Waals surface area contributed by atoms with Gasteiger partial charge in [-0.05, 0) is 46.9 Å². The van der Waals surface area contributed by atoms with E-state index in [0.29, 0.717) is 21.9 Å². The van der Waals surface area contributed by atoms with E-state index < -0.39 is 0 Å². The number of carbonyl (C=O) groups is 1. The highest BCUT2D eigenvalue weighted by atomic mass is 32.2. The molecule has 0 amide bonds. The molecule has 1 aromatic heterocycles. The standard InChI is InChI=1S/C31H28N2O2S/c1-31(2,3)24-14-10-22(11-15-24)28-18-26(21-8-6-5-7-9-21)27(19-32)30(33-28)36-20-29(34)23-12-16-25(35-4)17-13-23/h5-18H,20H2,1-4H3. The first-order chi connectivity index (χ1) is 17.3. The van der Waals surface area contributed by atoms with Crippen LogP contribution >= 0.6 is 11.8 Å². The van der Waals surface area contributed by atoms with Gasteiger partial charge in [-0.1, -0.05) is 87.1 Å². The molecular weight excluding hydrogens is 464 g/mol. The van der Waals surface area contributed by atoms with Crippen molar-refractivity contribution in [2.24, 2.45) is 0 Å². The molecule has 4 nitrogen and oxygen atoms in total. The first kappa shape index (κ1) is 25.2. The summed E-state index contributed by atoms with van der Waals surface area (Å²) in [4.78, 5) is 17.7. The van der Waals surface area contributed by atoms with Crippen molar-refractivity contribution in [2.45, 2.75) is 31.2 Å². The highest BCUT2D eigenvalue weighted by Gasteiger charge is 2.18. The lowest BCUT2D eigenvalue weighted by Crippen LogP contribution is -2.10. The van der Waals surface area contributed by atoms with Gasteiger partial charge in [-0.3, -0.25) is 4.79 Å². The van der Waals surface area contributed by atoms with Crippen molar-refractivity contribution in [1.82, 2.24) is 4.98 Å². The highest BCUT2D eigenvalue weighted by molar-refractivity contribution is 8.00. The molecule has 180 valence electrons. The Kier molecular flexibility index (Phi) is 7.57. The summed E-state index contributed by atoms with van der Waals surface area (Å²) in [6, 6.07) is 29.6. The third kappa shape index (κ3) is 5.67. The number of thioether (sulfide) groups is 1. The summed E-state index contributed by atoms with van der Waals surface area (Å²) in [6.07, 6.45) is 0. The van der Waals surface area contributed by atoms with Gasteiger partial charge >= 0.3 is 0 Å². The van der Waals surface area contributed by atoms with Crippen molar-refractivity contribution in [2.75, 3.05) is 12.9 Å². The second-order valence-electron chi connectivity index (χ2n) is 9.48. The zero-order valence-electron chi connectivity index (χ0n) is 20.9. The minimum absolute atomic E-state index is 0.0328. The van der Waals surface area contributed by atoms with Gasteiger partial charge in [0, 0.05) is 16.7 Å². The summed E-state index contributed by atoms with van der Waals surface area (Å²) in [7, 11) is 1.59. The van der Waals surface area contributed by atoms with Gasteiger partial charge in [0.2, 0.25) is 0 Å². The predicted molar refractivity (Wildman–Crippen MR) is 147 cm³/mol. The number of ketones is 1. The van der Waals surface area contributed by atoms with Crippen LogP contribution in [0.5, 0.6) is 5.75 Å². The lowest BCUT2D eigenvalue weighted by atomic mass is 9.86. The predicted octanol–water partition coefficient (Wildman–Crippen LogP) is 7.57. The van der Waals surface area contributed by atoms with Gasteiger partial charge in [0.05, 0.1) is 24.1 Å². The molecule has 0 aliphatic rings. The Balaban J connectivity index is 1.73. The largest absolute Gasteiger partial charge is 0.497 e. The number of Topliss-reactive ketones (excluding diaryl/α,β-unsaturated/α-hetero) is 1. The second-order valence-corrected chi connectivity index (χ2v) is 10.4. The van der Waals surface area contributed by atoms with Crippen LogP contribution in [0.25, 0.3) is 22.4 Å². The van der Waals surface area contributed by atoms with Crippen LogP contribution in [0.3, 0.4) is 0 Å². The minimum atomic E-state index is -0.0328. The van der Waals surface area contributed by atoms with Gasteiger partial charge in [-0.25, -0.2) is 4.98 Å². The van der Waals surface area contributed by atoms with E-state index in [1.165, 1.54) is 17.3 Å². The van der Waals surface area contributed by atoms with E-state index in [4.69, 9.17) is 9.72 Å². The molecule has 4 rings (SSSR count). The first-order valence-corrected chi connectivity index (χ1v) is 12.7. The molecule has 3 aromatic carbocycles. The molecule has 0 atom stereocenters. The van der Waals surface area contributed by atoms with Crippen molar-refractivity contribution < 1.29 is 9.53 Å². The van der Waals surface area contributed by atoms with Gasteiger partial charge < -0.3 is 4.74 Å². The number of aromatic nitrogens is 1. The fourth-order valence-corrected chi connectivity index (χ4v) is 4.76. The van der Waals surface area contributed by atoms with Gasteiger partial charge in [-0.15, -0.1) is 0 Å². The fraction of sp³-hybridized carbons (Fsp3) is 0.194. The molecule has 0 fully saturated rings. The molecule has 1 heterocycles. The maximum Gasteiger partial charge on any atom is 0.173 e. The number of carbonyl (C=O) groups excluding carboxylic acids is 1. The maximum atomic E-state index is 12.9. The number of ether oxygens (including phenoxy) is 1. The summed E-state index contributed by atoms with van der Waals surface area (Å²) in [5, 5.41) is 10.6. The van der Waals surface area contributed by atoms with Gasteiger partial charge in [0.25, 0.3) is 0 Å². The van der Waals surface area contributed by atoms with Crippen LogP contribution in [0.4, 0.5) is 0 Å². The van der Waals surface area contributed by atoms with E-state index >= 15 is 0 Å².